The van der Waals surface area contributed by atoms with Crippen LogP contribution in [0.1, 0.15) is 53.4 Å². The van der Waals surface area contributed by atoms with Crippen LogP contribution in [0.4, 0.5) is 19.0 Å². The topological polar surface area (TPSA) is 105 Å². The van der Waals surface area contributed by atoms with Gasteiger partial charge in [-0.15, -0.1) is 0 Å². The van der Waals surface area contributed by atoms with Gasteiger partial charge >= 0.3 is 6.18 Å². The number of anilines is 1. The van der Waals surface area contributed by atoms with E-state index in [-0.39, 0.29) is 54.8 Å². The molecule has 0 fully saturated rings. The summed E-state index contributed by atoms with van der Waals surface area (Å²) >= 11 is 0. The molecule has 0 radical (unpaired) electrons. The number of amides is 1. The lowest BCUT2D eigenvalue weighted by molar-refractivity contribution is -0.137. The largest absolute Gasteiger partial charge is 0.477 e. The number of carbonyl (C=O) groups is 2. The van der Waals surface area contributed by atoms with E-state index in [1.807, 2.05) is 0 Å². The highest BCUT2D eigenvalue weighted by Gasteiger charge is 2.32. The molecule has 2 rings (SSSR count). The molecule has 158 valence electrons. The van der Waals surface area contributed by atoms with Crippen molar-refractivity contribution in [1.82, 2.24) is 9.97 Å². The van der Waals surface area contributed by atoms with E-state index in [1.165, 1.54) is 6.07 Å². The normalized spacial score (nSPS) is 10.9. The standard InChI is InChI=1S/C20H19F3N4O3/c1-3-18(29)27-17-9-13(7-12(2)26-17)16(28)5-4-6-30-19-14(10-24)8-15(11-25-19)20(21,22)23/h7-9,11H,3-6H2,1-2H3,(H,26,27,29). The summed E-state index contributed by atoms with van der Waals surface area (Å²) in [6.07, 6.45) is -3.40. The monoisotopic (exact) mass is 420 g/mol. The van der Waals surface area contributed by atoms with Crippen LogP contribution >= 0.6 is 0 Å². The van der Waals surface area contributed by atoms with E-state index in [9.17, 15) is 22.8 Å². The number of nitrogens with zero attached hydrogens (tertiary/aromatic N) is 3. The number of halogens is 3. The van der Waals surface area contributed by atoms with Crippen molar-refractivity contribution in [2.45, 2.75) is 39.3 Å². The third-order valence-electron chi connectivity index (χ3n) is 3.95. The third kappa shape index (κ3) is 6.27. The van der Waals surface area contributed by atoms with E-state index in [4.69, 9.17) is 10.00 Å². The Bertz CT molecular complexity index is 984. The summed E-state index contributed by atoms with van der Waals surface area (Å²) in [5.41, 5.74) is -0.437. The first-order chi connectivity index (χ1) is 14.1. The summed E-state index contributed by atoms with van der Waals surface area (Å²) in [6.45, 7) is 3.38. The molecule has 0 saturated carbocycles. The number of pyridine rings is 2. The van der Waals surface area contributed by atoms with Gasteiger partial charge in [-0.05, 0) is 31.5 Å². The molecule has 30 heavy (non-hydrogen) atoms. The van der Waals surface area contributed by atoms with E-state index in [1.54, 1.807) is 26.0 Å². The van der Waals surface area contributed by atoms with Crippen molar-refractivity contribution in [3.63, 3.8) is 0 Å². The van der Waals surface area contributed by atoms with Crippen molar-refractivity contribution >= 4 is 17.5 Å². The Hall–Kier alpha value is -3.48. The number of alkyl halides is 3. The van der Waals surface area contributed by atoms with Crippen LogP contribution in [-0.2, 0) is 11.0 Å². The molecule has 2 aromatic heterocycles. The molecule has 0 aliphatic heterocycles. The molecule has 0 unspecified atom stereocenters. The molecule has 0 saturated heterocycles. The van der Waals surface area contributed by atoms with Gasteiger partial charge in [0.2, 0.25) is 11.8 Å². The van der Waals surface area contributed by atoms with Gasteiger partial charge in [0.1, 0.15) is 17.5 Å². The van der Waals surface area contributed by atoms with Crippen LogP contribution < -0.4 is 10.1 Å². The number of hydrogen-bond donors (Lipinski definition) is 1. The number of aromatic nitrogens is 2. The Morgan fingerprint density at radius 1 is 1.27 bits per heavy atom. The van der Waals surface area contributed by atoms with Gasteiger partial charge in [-0.25, -0.2) is 9.97 Å². The minimum absolute atomic E-state index is 0.0116. The molecule has 0 aliphatic rings. The van der Waals surface area contributed by atoms with E-state index >= 15 is 0 Å². The summed E-state index contributed by atoms with van der Waals surface area (Å²) < 4.78 is 43.3. The van der Waals surface area contributed by atoms with Gasteiger partial charge < -0.3 is 10.1 Å². The molecular weight excluding hydrogens is 401 g/mol. The fourth-order valence-electron chi connectivity index (χ4n) is 2.47. The minimum Gasteiger partial charge on any atom is -0.477 e. The van der Waals surface area contributed by atoms with Crippen molar-refractivity contribution < 1.29 is 27.5 Å². The molecule has 1 amide bonds. The number of aryl methyl sites for hydroxylation is 1. The second kappa shape index (κ2) is 9.82. The highest BCUT2D eigenvalue weighted by atomic mass is 19.4. The molecule has 0 atom stereocenters. The second-order valence-corrected chi connectivity index (χ2v) is 6.35. The zero-order valence-electron chi connectivity index (χ0n) is 16.3. The van der Waals surface area contributed by atoms with Crippen molar-refractivity contribution in [2.24, 2.45) is 0 Å². The van der Waals surface area contributed by atoms with Crippen LogP contribution in [0, 0.1) is 18.3 Å². The zero-order valence-corrected chi connectivity index (χ0v) is 16.3. The highest BCUT2D eigenvalue weighted by Crippen LogP contribution is 2.31. The third-order valence-corrected chi connectivity index (χ3v) is 3.95. The molecule has 10 heteroatoms. The van der Waals surface area contributed by atoms with Gasteiger partial charge in [-0.3, -0.25) is 9.59 Å². The summed E-state index contributed by atoms with van der Waals surface area (Å²) in [5.74, 6) is -0.370. The van der Waals surface area contributed by atoms with Crippen LogP contribution in [0.25, 0.3) is 0 Å². The van der Waals surface area contributed by atoms with Crippen molar-refractivity contribution in [3.05, 3.63) is 46.8 Å². The summed E-state index contributed by atoms with van der Waals surface area (Å²) in [6, 6.07) is 5.36. The van der Waals surface area contributed by atoms with Gasteiger partial charge in [-0.2, -0.15) is 18.4 Å². The van der Waals surface area contributed by atoms with E-state index in [2.05, 4.69) is 15.3 Å². The van der Waals surface area contributed by atoms with Gasteiger partial charge in [0.05, 0.1) is 12.2 Å². The van der Waals surface area contributed by atoms with Gasteiger partial charge in [-0.1, -0.05) is 6.92 Å². The maximum atomic E-state index is 12.7. The lowest BCUT2D eigenvalue weighted by Gasteiger charge is -2.10. The number of hydrogen-bond acceptors (Lipinski definition) is 6. The van der Waals surface area contributed by atoms with E-state index in [0.29, 0.717) is 23.5 Å². The quantitative estimate of drug-likeness (QED) is 0.510. The lowest BCUT2D eigenvalue weighted by Crippen LogP contribution is -2.12. The molecule has 0 aromatic carbocycles. The number of carbonyl (C=O) groups excluding carboxylic acids is 2. The zero-order chi connectivity index (χ0) is 22.3. The van der Waals surface area contributed by atoms with Crippen molar-refractivity contribution in [1.29, 1.82) is 5.26 Å². The molecule has 0 spiro atoms. The van der Waals surface area contributed by atoms with Gasteiger partial charge in [0.15, 0.2) is 5.78 Å². The predicted molar refractivity (Wildman–Crippen MR) is 101 cm³/mol. The van der Waals surface area contributed by atoms with Crippen LogP contribution in [-0.4, -0.2) is 28.3 Å². The fraction of sp³-hybridized carbons (Fsp3) is 0.350. The molecule has 2 aromatic rings. The number of rotatable bonds is 8. The first-order valence-electron chi connectivity index (χ1n) is 9.06. The lowest BCUT2D eigenvalue weighted by atomic mass is 10.1. The van der Waals surface area contributed by atoms with Crippen LogP contribution in [0.5, 0.6) is 5.88 Å². The minimum atomic E-state index is -4.61. The van der Waals surface area contributed by atoms with Crippen LogP contribution in [0.2, 0.25) is 0 Å². The highest BCUT2D eigenvalue weighted by molar-refractivity contribution is 5.98. The van der Waals surface area contributed by atoms with Crippen molar-refractivity contribution in [2.75, 3.05) is 11.9 Å². The number of nitrogens with one attached hydrogen (secondary N) is 1. The second-order valence-electron chi connectivity index (χ2n) is 6.35. The molecule has 7 nitrogen and oxygen atoms in total. The number of ether oxygens (including phenoxy) is 1. The summed E-state index contributed by atoms with van der Waals surface area (Å²) in [7, 11) is 0. The fourth-order valence-corrected chi connectivity index (χ4v) is 2.47. The average molecular weight is 420 g/mol. The molecular formula is C20H19F3N4O3. The maximum Gasteiger partial charge on any atom is 0.417 e. The number of Topliss-reactive ketones (excluding diaryl/α,β-unsaturated/α-hetero) is 1. The van der Waals surface area contributed by atoms with Crippen molar-refractivity contribution in [3.8, 4) is 11.9 Å². The number of nitriles is 1. The van der Waals surface area contributed by atoms with Gasteiger partial charge in [0, 0.05) is 30.3 Å². The average Bonchev–Trinajstić information content (AvgIpc) is 2.69. The Kier molecular flexibility index (Phi) is 7.47. The first kappa shape index (κ1) is 22.8. The Labute approximate surface area is 170 Å². The SMILES string of the molecule is CCC(=O)Nc1cc(C(=O)CCCOc2ncc(C(F)(F)F)cc2C#N)cc(C)n1. The summed E-state index contributed by atoms with van der Waals surface area (Å²) in [4.78, 5) is 31.6. The Morgan fingerprint density at radius 2 is 2.00 bits per heavy atom. The Morgan fingerprint density at radius 3 is 2.63 bits per heavy atom. The smallest absolute Gasteiger partial charge is 0.417 e. The van der Waals surface area contributed by atoms with E-state index < -0.39 is 11.7 Å². The molecule has 0 aliphatic carbocycles. The summed E-state index contributed by atoms with van der Waals surface area (Å²) in [5, 5.41) is 11.6. The molecule has 1 N–H and O–H groups in total. The maximum absolute atomic E-state index is 12.7. The molecule has 0 bridgehead atoms. The first-order valence-corrected chi connectivity index (χ1v) is 9.06. The molecule has 2 heterocycles. The Balaban J connectivity index is 1.96. The van der Waals surface area contributed by atoms with Gasteiger partial charge in [0.25, 0.3) is 0 Å². The van der Waals surface area contributed by atoms with E-state index in [0.717, 1.165) is 0 Å². The van der Waals surface area contributed by atoms with Crippen LogP contribution in [0.15, 0.2) is 24.4 Å². The predicted octanol–water partition coefficient (Wildman–Crippen LogP) is 4.07. The van der Waals surface area contributed by atoms with Crippen LogP contribution in [0.3, 0.4) is 0 Å². The number of ketones is 1.